The van der Waals surface area contributed by atoms with E-state index in [-0.39, 0.29) is 34.9 Å². The largest absolute Gasteiger partial charge is 0.459 e. The lowest BCUT2D eigenvalue weighted by Gasteiger charge is -2.34. The number of furan rings is 1. The van der Waals surface area contributed by atoms with Gasteiger partial charge in [-0.25, -0.2) is 4.39 Å². The van der Waals surface area contributed by atoms with Crippen LogP contribution in [0.4, 0.5) is 4.39 Å². The van der Waals surface area contributed by atoms with Crippen molar-refractivity contribution in [3.63, 3.8) is 0 Å². The number of nitrogens with zero attached hydrogens (tertiary/aromatic N) is 2. The molecule has 1 aliphatic rings. The Kier molecular flexibility index (Phi) is 5.82. The van der Waals surface area contributed by atoms with Crippen LogP contribution in [0.3, 0.4) is 0 Å². The molecule has 1 fully saturated rings. The number of carbonyl (C=O) groups is 2. The van der Waals surface area contributed by atoms with E-state index in [2.05, 4.69) is 0 Å². The number of piperazine rings is 1. The molecule has 26 heavy (non-hydrogen) atoms. The van der Waals surface area contributed by atoms with Gasteiger partial charge in [0.1, 0.15) is 11.6 Å². The molecular weight excluding hydrogens is 359 g/mol. The molecule has 0 aliphatic carbocycles. The Morgan fingerprint density at radius 2 is 1.81 bits per heavy atom. The fraction of sp³-hybridized carbons (Fsp3) is 0.333. The Bertz CT molecular complexity index is 801. The maximum atomic E-state index is 13.2. The Morgan fingerprint density at radius 3 is 2.46 bits per heavy atom. The number of halogens is 1. The first-order chi connectivity index (χ1) is 12.5. The van der Waals surface area contributed by atoms with Crippen molar-refractivity contribution in [3.05, 3.63) is 59.8 Å². The maximum absolute atomic E-state index is 13.2. The monoisotopic (exact) mass is 378 g/mol. The van der Waals surface area contributed by atoms with E-state index in [4.69, 9.17) is 4.42 Å². The predicted molar refractivity (Wildman–Crippen MR) is 94.3 cm³/mol. The molecule has 0 spiro atoms. The lowest BCUT2D eigenvalue weighted by atomic mass is 10.2. The summed E-state index contributed by atoms with van der Waals surface area (Å²) in [7, 11) is -1.41. The van der Waals surface area contributed by atoms with Crippen LogP contribution in [-0.4, -0.2) is 57.8 Å². The quantitative estimate of drug-likeness (QED) is 0.793. The molecule has 2 aromatic rings. The smallest absolute Gasteiger partial charge is 0.289 e. The number of amides is 2. The molecule has 8 heteroatoms. The Morgan fingerprint density at radius 1 is 1.08 bits per heavy atom. The molecule has 2 heterocycles. The normalized spacial score (nSPS) is 15.7. The zero-order valence-corrected chi connectivity index (χ0v) is 14.9. The zero-order valence-electron chi connectivity index (χ0n) is 14.1. The zero-order chi connectivity index (χ0) is 18.5. The lowest BCUT2D eigenvalue weighted by molar-refractivity contribution is -0.129. The van der Waals surface area contributed by atoms with E-state index in [9.17, 15) is 18.2 Å². The summed E-state index contributed by atoms with van der Waals surface area (Å²) in [5.74, 6) is -0.492. The van der Waals surface area contributed by atoms with Gasteiger partial charge in [-0.2, -0.15) is 0 Å². The fourth-order valence-corrected chi connectivity index (χ4v) is 3.92. The Labute approximate surface area is 153 Å². The van der Waals surface area contributed by atoms with Gasteiger partial charge < -0.3 is 14.2 Å². The molecule has 1 atom stereocenters. The van der Waals surface area contributed by atoms with Gasteiger partial charge >= 0.3 is 0 Å². The summed E-state index contributed by atoms with van der Waals surface area (Å²) in [6.07, 6.45) is 1.45. The number of benzene rings is 1. The van der Waals surface area contributed by atoms with Gasteiger partial charge in [0.2, 0.25) is 5.91 Å². The minimum atomic E-state index is -1.41. The summed E-state index contributed by atoms with van der Waals surface area (Å²) in [5, 5.41) is 0. The van der Waals surface area contributed by atoms with Crippen LogP contribution in [0.2, 0.25) is 0 Å². The predicted octanol–water partition coefficient (Wildman–Crippen LogP) is 1.65. The Hall–Kier alpha value is -2.48. The standard InChI is InChI=1S/C18H19FN2O4S/c19-15-4-1-3-14(11-15)12-26(24)13-17(22)20-6-8-21(9-7-20)18(23)16-5-2-10-25-16/h1-5,10-11H,6-9,12-13H2/t26-/m1/s1. The van der Waals surface area contributed by atoms with E-state index in [0.29, 0.717) is 31.7 Å². The summed E-state index contributed by atoms with van der Waals surface area (Å²) in [6.45, 7) is 1.59. The molecule has 0 N–H and O–H groups in total. The van der Waals surface area contributed by atoms with Gasteiger partial charge in [-0.3, -0.25) is 13.8 Å². The van der Waals surface area contributed by atoms with Crippen molar-refractivity contribution in [2.45, 2.75) is 5.75 Å². The summed E-state index contributed by atoms with van der Waals surface area (Å²) in [6, 6.07) is 9.14. The van der Waals surface area contributed by atoms with Crippen molar-refractivity contribution < 1.29 is 22.6 Å². The second-order valence-corrected chi connectivity index (χ2v) is 7.47. The molecule has 1 aromatic heterocycles. The average molecular weight is 378 g/mol. The fourth-order valence-electron chi connectivity index (χ4n) is 2.81. The topological polar surface area (TPSA) is 70.8 Å². The van der Waals surface area contributed by atoms with E-state index in [1.54, 1.807) is 34.1 Å². The van der Waals surface area contributed by atoms with Gasteiger partial charge in [0.25, 0.3) is 5.91 Å². The van der Waals surface area contributed by atoms with E-state index in [1.807, 2.05) is 0 Å². The second-order valence-electron chi connectivity index (χ2n) is 6.01. The van der Waals surface area contributed by atoms with Gasteiger partial charge in [0, 0.05) is 42.7 Å². The highest BCUT2D eigenvalue weighted by atomic mass is 32.2. The van der Waals surface area contributed by atoms with Crippen LogP contribution in [0.15, 0.2) is 47.1 Å². The molecule has 138 valence electrons. The first kappa shape index (κ1) is 18.3. The van der Waals surface area contributed by atoms with Gasteiger partial charge in [-0.05, 0) is 29.8 Å². The highest BCUT2D eigenvalue weighted by Gasteiger charge is 2.26. The van der Waals surface area contributed by atoms with Crippen molar-refractivity contribution in [2.75, 3.05) is 31.9 Å². The van der Waals surface area contributed by atoms with Crippen molar-refractivity contribution in [3.8, 4) is 0 Å². The molecule has 0 unspecified atom stereocenters. The third-order valence-electron chi connectivity index (χ3n) is 4.15. The van der Waals surface area contributed by atoms with E-state index in [0.717, 1.165) is 0 Å². The molecule has 1 aromatic carbocycles. The first-order valence-electron chi connectivity index (χ1n) is 8.23. The molecule has 0 saturated carbocycles. The van der Waals surface area contributed by atoms with Crippen LogP contribution in [0.25, 0.3) is 0 Å². The molecule has 1 aliphatic heterocycles. The summed E-state index contributed by atoms with van der Waals surface area (Å²) in [5.41, 5.74) is 0.602. The van der Waals surface area contributed by atoms with Gasteiger partial charge in [0.05, 0.1) is 6.26 Å². The number of hydrogen-bond donors (Lipinski definition) is 0. The van der Waals surface area contributed by atoms with Crippen molar-refractivity contribution in [1.29, 1.82) is 0 Å². The molecule has 6 nitrogen and oxygen atoms in total. The van der Waals surface area contributed by atoms with Crippen molar-refractivity contribution >= 4 is 22.6 Å². The maximum Gasteiger partial charge on any atom is 0.289 e. The molecule has 0 bridgehead atoms. The van der Waals surface area contributed by atoms with Crippen LogP contribution in [0.5, 0.6) is 0 Å². The van der Waals surface area contributed by atoms with Crippen molar-refractivity contribution in [1.82, 2.24) is 9.80 Å². The number of hydrogen-bond acceptors (Lipinski definition) is 4. The van der Waals surface area contributed by atoms with Crippen molar-refractivity contribution in [2.24, 2.45) is 0 Å². The minimum absolute atomic E-state index is 0.108. The van der Waals surface area contributed by atoms with Crippen LogP contribution >= 0.6 is 0 Å². The third-order valence-corrected chi connectivity index (χ3v) is 5.38. The molecular formula is C18H19FN2O4S. The molecule has 0 radical (unpaired) electrons. The highest BCUT2D eigenvalue weighted by Crippen LogP contribution is 2.11. The van der Waals surface area contributed by atoms with Crippen LogP contribution in [0, 0.1) is 5.82 Å². The second kappa shape index (κ2) is 8.27. The first-order valence-corrected chi connectivity index (χ1v) is 9.72. The summed E-state index contributed by atoms with van der Waals surface area (Å²) >= 11 is 0. The van der Waals surface area contributed by atoms with E-state index < -0.39 is 10.8 Å². The number of carbonyl (C=O) groups excluding carboxylic acids is 2. The van der Waals surface area contributed by atoms with Gasteiger partial charge in [0.15, 0.2) is 5.76 Å². The summed E-state index contributed by atoms with van der Waals surface area (Å²) in [4.78, 5) is 27.7. The van der Waals surface area contributed by atoms with Crippen LogP contribution in [-0.2, 0) is 21.3 Å². The van der Waals surface area contributed by atoms with Crippen LogP contribution < -0.4 is 0 Å². The van der Waals surface area contributed by atoms with Gasteiger partial charge in [-0.15, -0.1) is 0 Å². The lowest BCUT2D eigenvalue weighted by Crippen LogP contribution is -2.51. The highest BCUT2D eigenvalue weighted by molar-refractivity contribution is 7.84. The average Bonchev–Trinajstić information content (AvgIpc) is 3.15. The molecule has 3 rings (SSSR count). The summed E-state index contributed by atoms with van der Waals surface area (Å²) < 4.78 is 30.4. The van der Waals surface area contributed by atoms with Crippen LogP contribution in [0.1, 0.15) is 16.1 Å². The number of rotatable bonds is 5. The minimum Gasteiger partial charge on any atom is -0.459 e. The van der Waals surface area contributed by atoms with E-state index >= 15 is 0 Å². The third kappa shape index (κ3) is 4.57. The molecule has 2 amide bonds. The SMILES string of the molecule is O=C(C[S@](=O)Cc1cccc(F)c1)N1CCN(C(=O)c2ccco2)CC1. The molecule has 1 saturated heterocycles. The van der Waals surface area contributed by atoms with E-state index in [1.165, 1.54) is 18.4 Å². The Balaban J connectivity index is 1.47. The van der Waals surface area contributed by atoms with Gasteiger partial charge in [-0.1, -0.05) is 12.1 Å².